The number of benzene rings is 2. The van der Waals surface area contributed by atoms with Gasteiger partial charge < -0.3 is 10.6 Å². The molecule has 0 saturated carbocycles. The zero-order valence-electron chi connectivity index (χ0n) is 12.6. The molecule has 0 amide bonds. The van der Waals surface area contributed by atoms with Crippen LogP contribution in [0.5, 0.6) is 0 Å². The molecule has 1 unspecified atom stereocenters. The van der Waals surface area contributed by atoms with Crippen molar-refractivity contribution >= 4 is 5.96 Å². The van der Waals surface area contributed by atoms with Crippen molar-refractivity contribution < 1.29 is 0 Å². The van der Waals surface area contributed by atoms with Crippen LogP contribution in [0.25, 0.3) is 11.1 Å². The first-order valence-electron chi connectivity index (χ1n) is 7.41. The van der Waals surface area contributed by atoms with Crippen molar-refractivity contribution in [2.24, 2.45) is 4.99 Å². The van der Waals surface area contributed by atoms with Gasteiger partial charge in [-0.05, 0) is 36.6 Å². The average Bonchev–Trinajstić information content (AvgIpc) is 2.91. The summed E-state index contributed by atoms with van der Waals surface area (Å²) in [6.07, 6.45) is 0. The van der Waals surface area contributed by atoms with Crippen LogP contribution in [0.1, 0.15) is 18.1 Å². The van der Waals surface area contributed by atoms with Crippen LogP contribution in [0, 0.1) is 6.92 Å². The second kappa shape index (κ2) is 6.00. The minimum absolute atomic E-state index is 0.436. The zero-order chi connectivity index (χ0) is 14.7. The van der Waals surface area contributed by atoms with Gasteiger partial charge >= 0.3 is 0 Å². The summed E-state index contributed by atoms with van der Waals surface area (Å²) in [4.78, 5) is 4.42. The number of hydrogen-bond acceptors (Lipinski definition) is 3. The molecule has 0 radical (unpaired) electrons. The standard InChI is InChI=1S/C18H21N3/c1-13-5-3-7-16(9-13)17-8-4-6-15(10-17)12-20-18-19-11-14(2)21-18/h3-10,14H,11-12H2,1-2H3,(H2,19,20,21). The fraction of sp³-hybridized carbons (Fsp3) is 0.278. The highest BCUT2D eigenvalue weighted by molar-refractivity contribution is 5.81. The molecule has 21 heavy (non-hydrogen) atoms. The Bertz CT molecular complexity index is 661. The van der Waals surface area contributed by atoms with Gasteiger partial charge in [-0.25, -0.2) is 0 Å². The number of hydrogen-bond donors (Lipinski definition) is 2. The Kier molecular flexibility index (Phi) is 3.91. The van der Waals surface area contributed by atoms with Crippen molar-refractivity contribution in [3.8, 4) is 11.1 Å². The first kappa shape index (κ1) is 13.7. The smallest absolute Gasteiger partial charge is 0.191 e. The second-order valence-corrected chi connectivity index (χ2v) is 5.66. The highest BCUT2D eigenvalue weighted by atomic mass is 15.2. The molecule has 2 aromatic rings. The molecule has 0 spiro atoms. The van der Waals surface area contributed by atoms with Crippen LogP contribution in [0.3, 0.4) is 0 Å². The van der Waals surface area contributed by atoms with E-state index in [9.17, 15) is 0 Å². The molecule has 1 aliphatic rings. The first-order chi connectivity index (χ1) is 10.2. The van der Waals surface area contributed by atoms with E-state index in [1.54, 1.807) is 0 Å². The number of guanidine groups is 1. The lowest BCUT2D eigenvalue weighted by Crippen LogP contribution is -2.37. The Balaban J connectivity index is 1.71. The van der Waals surface area contributed by atoms with Gasteiger partial charge in [0.25, 0.3) is 0 Å². The molecule has 3 rings (SSSR count). The van der Waals surface area contributed by atoms with Gasteiger partial charge in [-0.15, -0.1) is 0 Å². The molecule has 2 N–H and O–H groups in total. The Labute approximate surface area is 126 Å². The Morgan fingerprint density at radius 3 is 2.62 bits per heavy atom. The lowest BCUT2D eigenvalue weighted by atomic mass is 10.0. The molecule has 0 saturated heterocycles. The average molecular weight is 279 g/mol. The Morgan fingerprint density at radius 1 is 1.14 bits per heavy atom. The van der Waals surface area contributed by atoms with Gasteiger partial charge in [0.2, 0.25) is 0 Å². The number of aryl methyl sites for hydroxylation is 1. The summed E-state index contributed by atoms with van der Waals surface area (Å²) in [5.41, 5.74) is 5.07. The highest BCUT2D eigenvalue weighted by Gasteiger charge is 2.11. The summed E-state index contributed by atoms with van der Waals surface area (Å²) in [6, 6.07) is 17.7. The molecule has 0 fully saturated rings. The quantitative estimate of drug-likeness (QED) is 0.906. The van der Waals surface area contributed by atoms with Crippen LogP contribution >= 0.6 is 0 Å². The fourth-order valence-corrected chi connectivity index (χ4v) is 2.53. The lowest BCUT2D eigenvalue weighted by Gasteiger charge is -2.10. The van der Waals surface area contributed by atoms with Crippen molar-refractivity contribution in [1.82, 2.24) is 10.6 Å². The van der Waals surface area contributed by atoms with E-state index in [0.29, 0.717) is 6.04 Å². The first-order valence-corrected chi connectivity index (χ1v) is 7.41. The van der Waals surface area contributed by atoms with Crippen molar-refractivity contribution in [2.75, 3.05) is 6.54 Å². The molecule has 0 bridgehead atoms. The monoisotopic (exact) mass is 279 g/mol. The van der Waals surface area contributed by atoms with Crippen molar-refractivity contribution in [3.05, 3.63) is 59.7 Å². The maximum absolute atomic E-state index is 4.42. The number of nitrogens with one attached hydrogen (secondary N) is 2. The molecule has 1 aliphatic heterocycles. The molecule has 3 heteroatoms. The van der Waals surface area contributed by atoms with Crippen LogP contribution in [-0.4, -0.2) is 18.5 Å². The van der Waals surface area contributed by atoms with E-state index in [1.165, 1.54) is 22.3 Å². The van der Waals surface area contributed by atoms with E-state index >= 15 is 0 Å². The van der Waals surface area contributed by atoms with Crippen molar-refractivity contribution in [2.45, 2.75) is 26.4 Å². The summed E-state index contributed by atoms with van der Waals surface area (Å²) < 4.78 is 0. The third-order valence-electron chi connectivity index (χ3n) is 3.64. The topological polar surface area (TPSA) is 36.4 Å². The van der Waals surface area contributed by atoms with Gasteiger partial charge in [0.15, 0.2) is 5.96 Å². The maximum Gasteiger partial charge on any atom is 0.191 e. The summed E-state index contributed by atoms with van der Waals surface area (Å²) in [6.45, 7) is 5.90. The predicted molar refractivity (Wildman–Crippen MR) is 88.4 cm³/mol. The van der Waals surface area contributed by atoms with Crippen molar-refractivity contribution in [3.63, 3.8) is 0 Å². The van der Waals surface area contributed by atoms with Crippen LogP contribution < -0.4 is 10.6 Å². The van der Waals surface area contributed by atoms with E-state index in [2.05, 4.69) is 78.0 Å². The maximum atomic E-state index is 4.42. The number of aliphatic imine (C=N–C) groups is 1. The van der Waals surface area contributed by atoms with E-state index in [1.807, 2.05) is 0 Å². The van der Waals surface area contributed by atoms with E-state index in [0.717, 1.165) is 19.0 Å². The van der Waals surface area contributed by atoms with Gasteiger partial charge in [0.1, 0.15) is 0 Å². The lowest BCUT2D eigenvalue weighted by molar-refractivity contribution is 0.713. The molecule has 2 aromatic carbocycles. The Morgan fingerprint density at radius 2 is 1.90 bits per heavy atom. The third kappa shape index (κ3) is 3.43. The van der Waals surface area contributed by atoms with E-state index in [4.69, 9.17) is 0 Å². The molecule has 1 heterocycles. The Hall–Kier alpha value is -2.29. The summed E-state index contributed by atoms with van der Waals surface area (Å²) >= 11 is 0. The molecule has 108 valence electrons. The van der Waals surface area contributed by atoms with E-state index in [-0.39, 0.29) is 0 Å². The van der Waals surface area contributed by atoms with Gasteiger partial charge in [0, 0.05) is 12.6 Å². The SMILES string of the molecule is Cc1cccc(-c2cccc(CNC3=NCC(C)N3)c2)c1. The summed E-state index contributed by atoms with van der Waals surface area (Å²) in [5.74, 6) is 0.906. The zero-order valence-corrected chi connectivity index (χ0v) is 12.6. The van der Waals surface area contributed by atoms with Gasteiger partial charge in [-0.1, -0.05) is 48.0 Å². The predicted octanol–water partition coefficient (Wildman–Crippen LogP) is 3.10. The van der Waals surface area contributed by atoms with Crippen LogP contribution in [-0.2, 0) is 6.54 Å². The van der Waals surface area contributed by atoms with Crippen molar-refractivity contribution in [1.29, 1.82) is 0 Å². The molecule has 0 aromatic heterocycles. The molecular formula is C18H21N3. The molecule has 0 aliphatic carbocycles. The highest BCUT2D eigenvalue weighted by Crippen LogP contribution is 2.21. The number of rotatable bonds is 3. The van der Waals surface area contributed by atoms with E-state index < -0.39 is 0 Å². The van der Waals surface area contributed by atoms with Gasteiger partial charge in [0.05, 0.1) is 6.54 Å². The molecular weight excluding hydrogens is 258 g/mol. The summed E-state index contributed by atoms with van der Waals surface area (Å²) in [7, 11) is 0. The van der Waals surface area contributed by atoms with Crippen LogP contribution in [0.2, 0.25) is 0 Å². The second-order valence-electron chi connectivity index (χ2n) is 5.66. The normalized spacial score (nSPS) is 17.2. The third-order valence-corrected chi connectivity index (χ3v) is 3.64. The minimum Gasteiger partial charge on any atom is -0.352 e. The van der Waals surface area contributed by atoms with Gasteiger partial charge in [-0.3, -0.25) is 4.99 Å². The van der Waals surface area contributed by atoms with Crippen LogP contribution in [0.4, 0.5) is 0 Å². The minimum atomic E-state index is 0.436. The summed E-state index contributed by atoms with van der Waals surface area (Å²) in [5, 5.41) is 6.67. The van der Waals surface area contributed by atoms with Gasteiger partial charge in [-0.2, -0.15) is 0 Å². The number of nitrogens with zero attached hydrogens (tertiary/aromatic N) is 1. The fourth-order valence-electron chi connectivity index (χ4n) is 2.53. The largest absolute Gasteiger partial charge is 0.352 e. The van der Waals surface area contributed by atoms with Crippen LogP contribution in [0.15, 0.2) is 53.5 Å². The molecule has 1 atom stereocenters. The molecule has 3 nitrogen and oxygen atoms in total.